The molecule has 6 heteroatoms. The summed E-state index contributed by atoms with van der Waals surface area (Å²) in [6.45, 7) is 1.70. The molecule has 0 atom stereocenters. The van der Waals surface area contributed by atoms with Crippen LogP contribution in [0.25, 0.3) is 27.3 Å². The molecule has 0 amide bonds. The summed E-state index contributed by atoms with van der Waals surface area (Å²) in [5, 5.41) is 13.5. The third-order valence-electron chi connectivity index (χ3n) is 4.27. The number of hydrogen-bond donors (Lipinski definition) is 2. The lowest BCUT2D eigenvalue weighted by Crippen LogP contribution is -2.20. The van der Waals surface area contributed by atoms with Crippen LogP contribution in [0.1, 0.15) is 6.42 Å². The largest absolute Gasteiger partial charge is 0.368 e. The van der Waals surface area contributed by atoms with Crippen LogP contribution in [0.2, 0.25) is 0 Å². The summed E-state index contributed by atoms with van der Waals surface area (Å²) >= 11 is 0. The summed E-state index contributed by atoms with van der Waals surface area (Å²) in [4.78, 5) is 17.6. The molecule has 0 aliphatic carbocycles. The Kier molecular flexibility index (Phi) is 4.03. The molecule has 126 valence electrons. The molecule has 4 aromatic rings. The molecule has 25 heavy (non-hydrogen) atoms. The minimum absolute atomic E-state index is 0.148. The highest BCUT2D eigenvalue weighted by Gasteiger charge is 2.12. The van der Waals surface area contributed by atoms with Gasteiger partial charge in [0.05, 0.1) is 10.9 Å². The second-order valence-electron chi connectivity index (χ2n) is 5.95. The summed E-state index contributed by atoms with van der Waals surface area (Å²) in [6, 6.07) is 15.3. The normalized spacial score (nSPS) is 11.4. The first kappa shape index (κ1) is 15.5. The monoisotopic (exact) mass is 333 g/mol. The zero-order valence-corrected chi connectivity index (χ0v) is 14.0. The molecule has 0 saturated carbocycles. The third kappa shape index (κ3) is 2.70. The maximum atomic E-state index is 12.9. The fourth-order valence-electron chi connectivity index (χ4n) is 3.03. The van der Waals surface area contributed by atoms with Gasteiger partial charge in [-0.25, -0.2) is 4.98 Å². The number of anilines is 1. The van der Waals surface area contributed by atoms with Crippen molar-refractivity contribution in [2.45, 2.75) is 6.42 Å². The average Bonchev–Trinajstić information content (AvgIpc) is 2.66. The number of benzene rings is 2. The van der Waals surface area contributed by atoms with E-state index in [1.807, 2.05) is 49.5 Å². The Balaban J connectivity index is 1.97. The van der Waals surface area contributed by atoms with Gasteiger partial charge in [-0.1, -0.05) is 36.4 Å². The van der Waals surface area contributed by atoms with Crippen molar-refractivity contribution < 1.29 is 0 Å². The molecular weight excluding hydrogens is 314 g/mol. The van der Waals surface area contributed by atoms with Crippen LogP contribution >= 0.6 is 0 Å². The Morgan fingerprint density at radius 3 is 2.48 bits per heavy atom. The first-order chi connectivity index (χ1) is 12.3. The molecule has 2 aromatic carbocycles. The van der Waals surface area contributed by atoms with Crippen molar-refractivity contribution in [2.24, 2.45) is 0 Å². The van der Waals surface area contributed by atoms with Crippen molar-refractivity contribution in [1.82, 2.24) is 19.9 Å². The van der Waals surface area contributed by atoms with Gasteiger partial charge in [0, 0.05) is 17.3 Å². The van der Waals surface area contributed by atoms with E-state index >= 15 is 0 Å². The molecule has 6 nitrogen and oxygen atoms in total. The van der Waals surface area contributed by atoms with Gasteiger partial charge in [0.25, 0.3) is 5.56 Å². The van der Waals surface area contributed by atoms with Crippen LogP contribution in [-0.4, -0.2) is 34.7 Å². The second kappa shape index (κ2) is 6.49. The van der Waals surface area contributed by atoms with Crippen LogP contribution in [0, 0.1) is 0 Å². The van der Waals surface area contributed by atoms with Gasteiger partial charge in [0.2, 0.25) is 0 Å². The van der Waals surface area contributed by atoms with E-state index in [2.05, 4.69) is 20.7 Å². The van der Waals surface area contributed by atoms with E-state index in [9.17, 15) is 4.79 Å². The number of para-hydroxylation sites is 1. The molecule has 0 spiro atoms. The van der Waals surface area contributed by atoms with E-state index in [1.54, 1.807) is 6.07 Å². The lowest BCUT2D eigenvalue weighted by Gasteiger charge is -2.12. The lowest BCUT2D eigenvalue weighted by molar-refractivity contribution is 0.745. The Morgan fingerprint density at radius 2 is 1.68 bits per heavy atom. The van der Waals surface area contributed by atoms with Crippen molar-refractivity contribution in [3.05, 3.63) is 58.9 Å². The van der Waals surface area contributed by atoms with Crippen LogP contribution in [0.4, 0.5) is 5.82 Å². The van der Waals surface area contributed by atoms with Crippen LogP contribution < -0.4 is 16.2 Å². The van der Waals surface area contributed by atoms with Gasteiger partial charge in [-0.3, -0.25) is 4.79 Å². The lowest BCUT2D eigenvalue weighted by atomic mass is 10.1. The third-order valence-corrected chi connectivity index (χ3v) is 4.27. The van der Waals surface area contributed by atoms with E-state index in [1.165, 1.54) is 4.52 Å². The molecular formula is C19H19N5O. The number of aromatic nitrogens is 3. The molecule has 0 radical (unpaired) electrons. The molecule has 0 aliphatic rings. The van der Waals surface area contributed by atoms with E-state index in [0.717, 1.165) is 30.3 Å². The second-order valence-corrected chi connectivity index (χ2v) is 5.95. The van der Waals surface area contributed by atoms with Gasteiger partial charge < -0.3 is 10.6 Å². The zero-order valence-electron chi connectivity index (χ0n) is 14.0. The summed E-state index contributed by atoms with van der Waals surface area (Å²) < 4.78 is 1.41. The SMILES string of the molecule is CNCCCNc1nn2c(=O)c3ccccc3nc2c2ccccc12. The van der Waals surface area contributed by atoms with Gasteiger partial charge in [-0.05, 0) is 32.1 Å². The minimum Gasteiger partial charge on any atom is -0.368 e. The van der Waals surface area contributed by atoms with E-state index in [0.29, 0.717) is 22.4 Å². The first-order valence-electron chi connectivity index (χ1n) is 8.38. The molecule has 0 unspecified atom stereocenters. The number of fused-ring (bicyclic) bond motifs is 4. The number of hydrogen-bond acceptors (Lipinski definition) is 5. The van der Waals surface area contributed by atoms with E-state index in [-0.39, 0.29) is 5.56 Å². The number of rotatable bonds is 5. The first-order valence-corrected chi connectivity index (χ1v) is 8.38. The Labute approximate surface area is 144 Å². The van der Waals surface area contributed by atoms with Crippen molar-refractivity contribution >= 4 is 33.1 Å². The maximum Gasteiger partial charge on any atom is 0.282 e. The maximum absolute atomic E-state index is 12.9. The fourth-order valence-corrected chi connectivity index (χ4v) is 3.03. The summed E-state index contributed by atoms with van der Waals surface area (Å²) in [7, 11) is 1.93. The standard InChI is InChI=1S/C19H19N5O/c1-20-11-6-12-21-17-13-7-2-3-8-14(13)18-22-16-10-5-4-9-15(16)19(25)24(18)23-17/h2-5,7-10,20H,6,11-12H2,1H3,(H,21,23). The van der Waals surface area contributed by atoms with Gasteiger partial charge in [0.1, 0.15) is 0 Å². The molecule has 2 N–H and O–H groups in total. The predicted octanol–water partition coefficient (Wildman–Crippen LogP) is 2.42. The van der Waals surface area contributed by atoms with Gasteiger partial charge in [0.15, 0.2) is 11.5 Å². The number of nitrogens with one attached hydrogen (secondary N) is 2. The van der Waals surface area contributed by atoms with Crippen molar-refractivity contribution in [3.8, 4) is 0 Å². The van der Waals surface area contributed by atoms with Gasteiger partial charge in [-0.2, -0.15) is 4.52 Å². The molecule has 0 aliphatic heterocycles. The van der Waals surface area contributed by atoms with Gasteiger partial charge in [-0.15, -0.1) is 5.10 Å². The Morgan fingerprint density at radius 1 is 0.960 bits per heavy atom. The smallest absolute Gasteiger partial charge is 0.282 e. The highest BCUT2D eigenvalue weighted by atomic mass is 16.1. The highest BCUT2D eigenvalue weighted by Crippen LogP contribution is 2.24. The molecule has 4 rings (SSSR count). The van der Waals surface area contributed by atoms with Crippen molar-refractivity contribution in [3.63, 3.8) is 0 Å². The summed E-state index contributed by atoms with van der Waals surface area (Å²) in [5.74, 6) is 0.707. The van der Waals surface area contributed by atoms with Crippen molar-refractivity contribution in [1.29, 1.82) is 0 Å². The number of nitrogens with zero attached hydrogens (tertiary/aromatic N) is 3. The Bertz CT molecular complexity index is 1120. The molecule has 0 fully saturated rings. The molecule has 2 heterocycles. The summed E-state index contributed by atoms with van der Waals surface area (Å²) in [6.07, 6.45) is 0.968. The topological polar surface area (TPSA) is 71.3 Å². The quantitative estimate of drug-likeness (QED) is 0.333. The summed E-state index contributed by atoms with van der Waals surface area (Å²) in [5.41, 5.74) is 1.12. The van der Waals surface area contributed by atoms with Crippen LogP contribution in [0.3, 0.4) is 0 Å². The van der Waals surface area contributed by atoms with Crippen LogP contribution in [-0.2, 0) is 0 Å². The Hall–Kier alpha value is -2.99. The predicted molar refractivity (Wildman–Crippen MR) is 101 cm³/mol. The average molecular weight is 333 g/mol. The van der Waals surface area contributed by atoms with E-state index < -0.39 is 0 Å². The van der Waals surface area contributed by atoms with E-state index in [4.69, 9.17) is 0 Å². The van der Waals surface area contributed by atoms with Crippen LogP contribution in [0.5, 0.6) is 0 Å². The zero-order chi connectivity index (χ0) is 17.2. The van der Waals surface area contributed by atoms with Gasteiger partial charge >= 0.3 is 0 Å². The van der Waals surface area contributed by atoms with Crippen molar-refractivity contribution in [2.75, 3.05) is 25.5 Å². The molecule has 2 aromatic heterocycles. The minimum atomic E-state index is -0.148. The molecule has 0 saturated heterocycles. The fraction of sp³-hybridized carbons (Fsp3) is 0.211. The van der Waals surface area contributed by atoms with Crippen LogP contribution in [0.15, 0.2) is 53.3 Å². The molecule has 0 bridgehead atoms. The highest BCUT2D eigenvalue weighted by molar-refractivity contribution is 6.01.